The van der Waals surface area contributed by atoms with Gasteiger partial charge in [0.05, 0.1) is 15.1 Å². The zero-order valence-electron chi connectivity index (χ0n) is 14.5. The van der Waals surface area contributed by atoms with Crippen molar-refractivity contribution in [3.63, 3.8) is 0 Å². The Morgan fingerprint density at radius 2 is 1.89 bits per heavy atom. The number of anilines is 1. The van der Waals surface area contributed by atoms with Gasteiger partial charge in [-0.2, -0.15) is 13.2 Å². The Morgan fingerprint density at radius 1 is 1.21 bits per heavy atom. The molecule has 0 radical (unpaired) electrons. The van der Waals surface area contributed by atoms with E-state index >= 15 is 0 Å². The lowest BCUT2D eigenvalue weighted by atomic mass is 10.2. The summed E-state index contributed by atoms with van der Waals surface area (Å²) in [6, 6.07) is 8.10. The van der Waals surface area contributed by atoms with E-state index in [1.54, 1.807) is 15.9 Å². The van der Waals surface area contributed by atoms with Gasteiger partial charge in [0.1, 0.15) is 11.6 Å². The monoisotopic (exact) mass is 477 g/mol. The Morgan fingerprint density at radius 3 is 2.50 bits per heavy atom. The maximum atomic E-state index is 12.7. The van der Waals surface area contributed by atoms with Crippen molar-refractivity contribution in [1.82, 2.24) is 9.88 Å². The van der Waals surface area contributed by atoms with Crippen LogP contribution in [-0.4, -0.2) is 48.6 Å². The number of aromatic nitrogens is 1. The van der Waals surface area contributed by atoms with Crippen LogP contribution >= 0.6 is 27.5 Å². The van der Waals surface area contributed by atoms with Crippen molar-refractivity contribution < 1.29 is 22.7 Å². The molecule has 1 aliphatic heterocycles. The van der Waals surface area contributed by atoms with Crippen molar-refractivity contribution in [2.24, 2.45) is 0 Å². The van der Waals surface area contributed by atoms with Crippen LogP contribution in [0.15, 0.2) is 41.0 Å². The fraction of sp³-hybridized carbons (Fsp3) is 0.333. The average molecular weight is 479 g/mol. The largest absolute Gasteiger partial charge is 0.483 e. The minimum absolute atomic E-state index is 0.0631. The van der Waals surface area contributed by atoms with Crippen LogP contribution in [0.2, 0.25) is 5.02 Å². The molecule has 1 fully saturated rings. The van der Waals surface area contributed by atoms with E-state index in [0.29, 0.717) is 31.9 Å². The van der Waals surface area contributed by atoms with Gasteiger partial charge in [0, 0.05) is 32.4 Å². The van der Waals surface area contributed by atoms with Crippen molar-refractivity contribution >= 4 is 39.3 Å². The molecule has 0 unspecified atom stereocenters. The van der Waals surface area contributed by atoms with Gasteiger partial charge in [0.15, 0.2) is 6.61 Å². The molecule has 1 aromatic carbocycles. The Bertz CT molecular complexity index is 858. The van der Waals surface area contributed by atoms with Gasteiger partial charge in [-0.1, -0.05) is 23.7 Å². The number of piperazine rings is 1. The maximum Gasteiger partial charge on any atom is 0.417 e. The third-order valence-electron chi connectivity index (χ3n) is 4.27. The fourth-order valence-corrected chi connectivity index (χ4v) is 3.46. The lowest BCUT2D eigenvalue weighted by molar-refractivity contribution is -0.138. The second-order valence-electron chi connectivity index (χ2n) is 6.11. The molecule has 3 rings (SSSR count). The van der Waals surface area contributed by atoms with Crippen LogP contribution in [0.25, 0.3) is 0 Å². The van der Waals surface area contributed by atoms with E-state index in [1.807, 2.05) is 18.2 Å². The van der Waals surface area contributed by atoms with Gasteiger partial charge in [0.25, 0.3) is 5.91 Å². The van der Waals surface area contributed by atoms with Crippen LogP contribution in [0, 0.1) is 0 Å². The first-order valence-electron chi connectivity index (χ1n) is 8.38. The summed E-state index contributed by atoms with van der Waals surface area (Å²) in [6.07, 6.45) is -3.72. The molecule has 150 valence electrons. The number of nitrogens with zero attached hydrogens (tertiary/aromatic N) is 3. The van der Waals surface area contributed by atoms with Gasteiger partial charge < -0.3 is 14.5 Å². The molecule has 0 bridgehead atoms. The first kappa shape index (κ1) is 20.7. The number of amides is 1. The topological polar surface area (TPSA) is 45.7 Å². The molecule has 0 atom stereocenters. The molecule has 0 aliphatic carbocycles. The smallest absolute Gasteiger partial charge is 0.417 e. The summed E-state index contributed by atoms with van der Waals surface area (Å²) in [4.78, 5) is 19.6. The summed E-state index contributed by atoms with van der Waals surface area (Å²) < 4.78 is 44.5. The minimum Gasteiger partial charge on any atom is -0.483 e. The predicted octanol–water partition coefficient (Wildman–Crippen LogP) is 4.24. The number of hydrogen-bond acceptors (Lipinski definition) is 4. The highest BCUT2D eigenvalue weighted by Gasteiger charge is 2.32. The summed E-state index contributed by atoms with van der Waals surface area (Å²) in [7, 11) is 0. The summed E-state index contributed by atoms with van der Waals surface area (Å²) in [5.74, 6) is 0.698. The number of halogens is 5. The van der Waals surface area contributed by atoms with E-state index in [1.165, 1.54) is 0 Å². The Labute approximate surface area is 173 Å². The second kappa shape index (κ2) is 8.57. The third-order valence-corrected chi connectivity index (χ3v) is 5.20. The third kappa shape index (κ3) is 4.88. The van der Waals surface area contributed by atoms with E-state index in [9.17, 15) is 18.0 Å². The Kier molecular flexibility index (Phi) is 6.34. The van der Waals surface area contributed by atoms with Crippen LogP contribution in [-0.2, 0) is 11.0 Å². The van der Waals surface area contributed by atoms with Gasteiger partial charge in [-0.05, 0) is 34.1 Å². The fourth-order valence-electron chi connectivity index (χ4n) is 2.78. The van der Waals surface area contributed by atoms with E-state index < -0.39 is 11.7 Å². The maximum absolute atomic E-state index is 12.7. The first-order valence-corrected chi connectivity index (χ1v) is 9.55. The standard InChI is InChI=1S/C18H16BrClF3N3O2/c19-13-3-1-2-4-15(13)28-11-16(27)25-5-7-26(8-6-25)17-14(20)9-12(10-24-17)18(21,22)23/h1-4,9-10H,5-8,11H2. The molecular weight excluding hydrogens is 463 g/mol. The molecular formula is C18H16BrClF3N3O2. The Balaban J connectivity index is 1.55. The van der Waals surface area contributed by atoms with E-state index in [-0.39, 0.29) is 23.4 Å². The van der Waals surface area contributed by atoms with Crippen molar-refractivity contribution in [3.05, 3.63) is 51.6 Å². The molecule has 28 heavy (non-hydrogen) atoms. The van der Waals surface area contributed by atoms with Crippen LogP contribution in [0.3, 0.4) is 0 Å². The molecule has 0 spiro atoms. The summed E-state index contributed by atoms with van der Waals surface area (Å²) in [5, 5.41) is -0.0631. The highest BCUT2D eigenvalue weighted by molar-refractivity contribution is 9.10. The number of hydrogen-bond donors (Lipinski definition) is 0. The minimum atomic E-state index is -4.49. The highest BCUT2D eigenvalue weighted by atomic mass is 79.9. The van der Waals surface area contributed by atoms with Gasteiger partial charge in [-0.3, -0.25) is 4.79 Å². The highest BCUT2D eigenvalue weighted by Crippen LogP contribution is 2.33. The number of para-hydroxylation sites is 1. The number of pyridine rings is 1. The van der Waals surface area contributed by atoms with Crippen molar-refractivity contribution in [2.45, 2.75) is 6.18 Å². The predicted molar refractivity (Wildman–Crippen MR) is 103 cm³/mol. The molecule has 1 aromatic heterocycles. The van der Waals surface area contributed by atoms with E-state index in [4.69, 9.17) is 16.3 Å². The van der Waals surface area contributed by atoms with E-state index in [0.717, 1.165) is 16.7 Å². The van der Waals surface area contributed by atoms with Crippen LogP contribution < -0.4 is 9.64 Å². The first-order chi connectivity index (χ1) is 13.3. The second-order valence-corrected chi connectivity index (χ2v) is 7.38. The SMILES string of the molecule is O=C(COc1ccccc1Br)N1CCN(c2ncc(C(F)(F)F)cc2Cl)CC1. The van der Waals surface area contributed by atoms with Crippen LogP contribution in [0.1, 0.15) is 5.56 Å². The lowest BCUT2D eigenvalue weighted by Crippen LogP contribution is -2.50. The van der Waals surface area contributed by atoms with Crippen LogP contribution in [0.4, 0.5) is 19.0 Å². The molecule has 0 saturated carbocycles. The number of rotatable bonds is 4. The molecule has 1 saturated heterocycles. The number of ether oxygens (including phenoxy) is 1. The van der Waals surface area contributed by atoms with E-state index in [2.05, 4.69) is 20.9 Å². The normalized spacial score (nSPS) is 14.9. The molecule has 2 aromatic rings. The number of carbonyl (C=O) groups is 1. The molecule has 10 heteroatoms. The van der Waals surface area contributed by atoms with Crippen molar-refractivity contribution in [2.75, 3.05) is 37.7 Å². The molecule has 2 heterocycles. The number of carbonyl (C=O) groups excluding carboxylic acids is 1. The number of benzene rings is 1. The zero-order valence-corrected chi connectivity index (χ0v) is 16.9. The van der Waals surface area contributed by atoms with Crippen LogP contribution in [0.5, 0.6) is 5.75 Å². The van der Waals surface area contributed by atoms with Gasteiger partial charge in [-0.25, -0.2) is 4.98 Å². The molecule has 1 aliphatic rings. The molecule has 5 nitrogen and oxygen atoms in total. The molecule has 0 N–H and O–H groups in total. The van der Waals surface area contributed by atoms with Crippen molar-refractivity contribution in [3.8, 4) is 5.75 Å². The summed E-state index contributed by atoms with van der Waals surface area (Å²) in [5.41, 5.74) is -0.890. The average Bonchev–Trinajstić information content (AvgIpc) is 2.66. The lowest BCUT2D eigenvalue weighted by Gasteiger charge is -2.35. The number of alkyl halides is 3. The zero-order chi connectivity index (χ0) is 20.3. The van der Waals surface area contributed by atoms with Gasteiger partial charge in [0.2, 0.25) is 0 Å². The Hall–Kier alpha value is -2.00. The van der Waals surface area contributed by atoms with Gasteiger partial charge >= 0.3 is 6.18 Å². The van der Waals surface area contributed by atoms with Crippen molar-refractivity contribution in [1.29, 1.82) is 0 Å². The quantitative estimate of drug-likeness (QED) is 0.659. The summed E-state index contributed by atoms with van der Waals surface area (Å²) in [6.45, 7) is 1.54. The molecule has 1 amide bonds. The summed E-state index contributed by atoms with van der Waals surface area (Å²) >= 11 is 9.34. The van der Waals surface area contributed by atoms with Gasteiger partial charge in [-0.15, -0.1) is 0 Å².